The fourth-order valence-electron chi connectivity index (χ4n) is 4.19. The van der Waals surface area contributed by atoms with Gasteiger partial charge in [-0.1, -0.05) is 30.3 Å². The van der Waals surface area contributed by atoms with Gasteiger partial charge in [-0.3, -0.25) is 14.5 Å². The first-order chi connectivity index (χ1) is 13.7. The zero-order valence-corrected chi connectivity index (χ0v) is 16.3. The minimum atomic E-state index is -0.0124. The summed E-state index contributed by atoms with van der Waals surface area (Å²) in [6, 6.07) is 10.0. The number of hydrazone groups is 1. The molecule has 2 fully saturated rings. The Hall–Kier alpha value is -2.25. The van der Waals surface area contributed by atoms with Crippen molar-refractivity contribution in [3.63, 3.8) is 0 Å². The van der Waals surface area contributed by atoms with E-state index < -0.39 is 0 Å². The standard InChI is InChI=1S/C21H28N4O3/c26-20(25-10-8-19(22-25)17-5-2-1-3-6-17)16-23-9-4-7-18(15-23)21(27)24-11-13-28-14-12-24/h1-3,5-6,18H,4,7-16H2. The van der Waals surface area contributed by atoms with Crippen molar-refractivity contribution in [1.82, 2.24) is 14.8 Å². The topological polar surface area (TPSA) is 65.5 Å². The molecule has 7 nitrogen and oxygen atoms in total. The van der Waals surface area contributed by atoms with Crippen LogP contribution < -0.4 is 0 Å². The zero-order valence-electron chi connectivity index (χ0n) is 16.3. The van der Waals surface area contributed by atoms with Crippen LogP contribution in [0, 0.1) is 5.92 Å². The zero-order chi connectivity index (χ0) is 19.3. The average Bonchev–Trinajstić information content (AvgIpc) is 3.25. The molecule has 3 aliphatic rings. The van der Waals surface area contributed by atoms with Gasteiger partial charge in [-0.25, -0.2) is 5.01 Å². The normalized spacial score (nSPS) is 23.6. The molecule has 1 atom stereocenters. The number of piperidine rings is 1. The van der Waals surface area contributed by atoms with Crippen molar-refractivity contribution in [3.05, 3.63) is 35.9 Å². The molecule has 0 N–H and O–H groups in total. The molecule has 1 unspecified atom stereocenters. The van der Waals surface area contributed by atoms with E-state index in [0.29, 0.717) is 45.9 Å². The van der Waals surface area contributed by atoms with Gasteiger partial charge in [-0.2, -0.15) is 5.10 Å². The number of rotatable bonds is 4. The van der Waals surface area contributed by atoms with E-state index in [1.54, 1.807) is 5.01 Å². The Balaban J connectivity index is 1.32. The number of carbonyl (C=O) groups excluding carboxylic acids is 2. The molecule has 2 saturated heterocycles. The molecule has 150 valence electrons. The lowest BCUT2D eigenvalue weighted by Gasteiger charge is -2.36. The van der Waals surface area contributed by atoms with E-state index in [9.17, 15) is 9.59 Å². The summed E-state index contributed by atoms with van der Waals surface area (Å²) in [4.78, 5) is 29.5. The number of amides is 2. The Bertz CT molecular complexity index is 730. The fourth-order valence-corrected chi connectivity index (χ4v) is 4.19. The molecule has 3 heterocycles. The summed E-state index contributed by atoms with van der Waals surface area (Å²) in [5, 5.41) is 6.13. The highest BCUT2D eigenvalue weighted by Crippen LogP contribution is 2.20. The second-order valence-electron chi connectivity index (χ2n) is 7.69. The molecule has 4 rings (SSSR count). The summed E-state index contributed by atoms with van der Waals surface area (Å²) in [6.07, 6.45) is 2.64. The lowest BCUT2D eigenvalue weighted by atomic mass is 9.96. The molecule has 0 aliphatic carbocycles. The predicted molar refractivity (Wildman–Crippen MR) is 106 cm³/mol. The van der Waals surface area contributed by atoms with Gasteiger partial charge in [-0.05, 0) is 24.9 Å². The van der Waals surface area contributed by atoms with Crippen LogP contribution in [0.1, 0.15) is 24.8 Å². The first kappa shape index (κ1) is 19.1. The van der Waals surface area contributed by atoms with Crippen LogP contribution in [0.3, 0.4) is 0 Å². The fraction of sp³-hybridized carbons (Fsp3) is 0.571. The first-order valence-corrected chi connectivity index (χ1v) is 10.2. The number of nitrogens with zero attached hydrogens (tertiary/aromatic N) is 4. The molecule has 3 aliphatic heterocycles. The lowest BCUT2D eigenvalue weighted by Crippen LogP contribution is -2.49. The van der Waals surface area contributed by atoms with E-state index >= 15 is 0 Å². The monoisotopic (exact) mass is 384 g/mol. The van der Waals surface area contributed by atoms with E-state index in [1.807, 2.05) is 35.2 Å². The van der Waals surface area contributed by atoms with Gasteiger partial charge in [0.15, 0.2) is 0 Å². The number of benzene rings is 1. The summed E-state index contributed by atoms with van der Waals surface area (Å²) >= 11 is 0. The Morgan fingerprint density at radius 1 is 1.07 bits per heavy atom. The molecule has 0 bridgehead atoms. The van der Waals surface area contributed by atoms with Crippen LogP contribution >= 0.6 is 0 Å². The maximum absolute atomic E-state index is 12.8. The molecule has 2 amide bonds. The van der Waals surface area contributed by atoms with Crippen LogP contribution in [0.4, 0.5) is 0 Å². The molecule has 28 heavy (non-hydrogen) atoms. The summed E-state index contributed by atoms with van der Waals surface area (Å²) in [6.45, 7) is 5.09. The van der Waals surface area contributed by atoms with Gasteiger partial charge in [0.2, 0.25) is 5.91 Å². The van der Waals surface area contributed by atoms with Crippen LogP contribution in [-0.2, 0) is 14.3 Å². The van der Waals surface area contributed by atoms with Crippen LogP contribution in [0.15, 0.2) is 35.4 Å². The molecule has 0 spiro atoms. The number of hydrogen-bond acceptors (Lipinski definition) is 5. The number of hydrogen-bond donors (Lipinski definition) is 0. The van der Waals surface area contributed by atoms with Crippen molar-refractivity contribution in [3.8, 4) is 0 Å². The van der Waals surface area contributed by atoms with Gasteiger partial charge >= 0.3 is 0 Å². The summed E-state index contributed by atoms with van der Waals surface area (Å²) in [5.74, 6) is 0.220. The highest BCUT2D eigenvalue weighted by Gasteiger charge is 2.32. The molecule has 0 radical (unpaired) electrons. The van der Waals surface area contributed by atoms with Crippen molar-refractivity contribution < 1.29 is 14.3 Å². The minimum Gasteiger partial charge on any atom is -0.378 e. The summed E-state index contributed by atoms with van der Waals surface area (Å²) < 4.78 is 5.34. The van der Waals surface area contributed by atoms with Crippen molar-refractivity contribution in [1.29, 1.82) is 0 Å². The van der Waals surface area contributed by atoms with Crippen molar-refractivity contribution in [2.24, 2.45) is 11.0 Å². The van der Waals surface area contributed by atoms with Crippen LogP contribution in [0.5, 0.6) is 0 Å². The number of ether oxygens (including phenoxy) is 1. The van der Waals surface area contributed by atoms with Crippen LogP contribution in [0.2, 0.25) is 0 Å². The van der Waals surface area contributed by atoms with Crippen molar-refractivity contribution in [2.75, 3.05) is 52.5 Å². The highest BCUT2D eigenvalue weighted by molar-refractivity contribution is 6.02. The average molecular weight is 384 g/mol. The molecule has 0 aromatic heterocycles. The second-order valence-corrected chi connectivity index (χ2v) is 7.69. The van der Waals surface area contributed by atoms with Crippen molar-refractivity contribution >= 4 is 17.5 Å². The van der Waals surface area contributed by atoms with Gasteiger partial charge in [-0.15, -0.1) is 0 Å². The number of likely N-dealkylation sites (tertiary alicyclic amines) is 1. The van der Waals surface area contributed by atoms with Crippen LogP contribution in [-0.4, -0.2) is 84.8 Å². The molecule has 1 aromatic carbocycles. The Kier molecular flexibility index (Phi) is 6.02. The molecule has 1 aromatic rings. The Morgan fingerprint density at radius 2 is 1.86 bits per heavy atom. The van der Waals surface area contributed by atoms with E-state index in [1.165, 1.54) is 0 Å². The van der Waals surface area contributed by atoms with E-state index in [2.05, 4.69) is 10.0 Å². The summed E-state index contributed by atoms with van der Waals surface area (Å²) in [7, 11) is 0. The quantitative estimate of drug-likeness (QED) is 0.782. The summed E-state index contributed by atoms with van der Waals surface area (Å²) in [5.41, 5.74) is 2.04. The Morgan fingerprint density at radius 3 is 2.64 bits per heavy atom. The Labute approximate surface area is 165 Å². The van der Waals surface area contributed by atoms with Gasteiger partial charge in [0, 0.05) is 26.1 Å². The van der Waals surface area contributed by atoms with E-state index in [4.69, 9.17) is 4.74 Å². The maximum Gasteiger partial charge on any atom is 0.256 e. The van der Waals surface area contributed by atoms with Gasteiger partial charge < -0.3 is 9.64 Å². The molecular weight excluding hydrogens is 356 g/mol. The van der Waals surface area contributed by atoms with Crippen LogP contribution in [0.25, 0.3) is 0 Å². The van der Waals surface area contributed by atoms with Crippen molar-refractivity contribution in [2.45, 2.75) is 19.3 Å². The number of morpholine rings is 1. The second kappa shape index (κ2) is 8.84. The number of carbonyl (C=O) groups is 2. The largest absolute Gasteiger partial charge is 0.378 e. The van der Waals surface area contributed by atoms with Gasteiger partial charge in [0.25, 0.3) is 5.91 Å². The van der Waals surface area contributed by atoms with E-state index in [-0.39, 0.29) is 17.7 Å². The van der Waals surface area contributed by atoms with Gasteiger partial charge in [0.05, 0.1) is 37.9 Å². The molecular formula is C21H28N4O3. The first-order valence-electron chi connectivity index (χ1n) is 10.2. The minimum absolute atomic E-state index is 0.0124. The highest BCUT2D eigenvalue weighted by atomic mass is 16.5. The lowest BCUT2D eigenvalue weighted by molar-refractivity contribution is -0.142. The molecule has 0 saturated carbocycles. The SMILES string of the molecule is O=C(C1CCCN(CC(=O)N2CCC(c3ccccc3)=N2)C1)N1CCOCC1. The third kappa shape index (κ3) is 4.42. The maximum atomic E-state index is 12.8. The third-order valence-electron chi connectivity index (χ3n) is 5.73. The van der Waals surface area contributed by atoms with Gasteiger partial charge in [0.1, 0.15) is 0 Å². The predicted octanol–water partition coefficient (Wildman–Crippen LogP) is 1.19. The smallest absolute Gasteiger partial charge is 0.256 e. The molecule has 7 heteroatoms. The third-order valence-corrected chi connectivity index (χ3v) is 5.73. The van der Waals surface area contributed by atoms with E-state index in [0.717, 1.165) is 37.1 Å².